The van der Waals surface area contributed by atoms with E-state index < -0.39 is 5.54 Å². The third kappa shape index (κ3) is 3.20. The molecule has 7 heteroatoms. The number of benzene rings is 1. The number of imide groups is 1. The molecule has 0 radical (unpaired) electrons. The molecule has 0 bridgehead atoms. The molecule has 3 aromatic rings. The number of urea groups is 1. The lowest BCUT2D eigenvalue weighted by atomic mass is 9.86. The van der Waals surface area contributed by atoms with E-state index in [-0.39, 0.29) is 18.5 Å². The zero-order chi connectivity index (χ0) is 21.6. The summed E-state index contributed by atoms with van der Waals surface area (Å²) in [6.45, 7) is 2.70. The second-order valence-corrected chi connectivity index (χ2v) is 8.68. The average molecular weight is 418 g/mol. The number of para-hydroxylation sites is 1. The number of aryl methyl sites for hydroxylation is 1. The zero-order valence-electron chi connectivity index (χ0n) is 18.0. The van der Waals surface area contributed by atoms with Gasteiger partial charge in [-0.3, -0.25) is 19.6 Å². The molecule has 1 spiro atoms. The van der Waals surface area contributed by atoms with Crippen LogP contribution in [0.1, 0.15) is 24.0 Å². The van der Waals surface area contributed by atoms with Crippen molar-refractivity contribution in [2.75, 3.05) is 20.1 Å². The molecule has 7 nitrogen and oxygen atoms in total. The molecule has 2 aliphatic heterocycles. The lowest BCUT2D eigenvalue weighted by molar-refractivity contribution is -0.135. The van der Waals surface area contributed by atoms with Crippen molar-refractivity contribution >= 4 is 22.8 Å². The Balaban J connectivity index is 1.30. The van der Waals surface area contributed by atoms with Crippen LogP contribution in [-0.2, 0) is 24.9 Å². The Morgan fingerprint density at radius 1 is 1.00 bits per heavy atom. The first kappa shape index (κ1) is 19.8. The van der Waals surface area contributed by atoms with Gasteiger partial charge in [0.05, 0.1) is 6.54 Å². The summed E-state index contributed by atoms with van der Waals surface area (Å²) in [6, 6.07) is 11.9. The van der Waals surface area contributed by atoms with E-state index in [1.807, 2.05) is 12.1 Å². The fourth-order valence-corrected chi connectivity index (χ4v) is 5.08. The molecule has 160 valence electrons. The van der Waals surface area contributed by atoms with Crippen molar-refractivity contribution in [2.24, 2.45) is 7.05 Å². The predicted octanol–water partition coefficient (Wildman–Crippen LogP) is 3.00. The van der Waals surface area contributed by atoms with Gasteiger partial charge in [-0.1, -0.05) is 24.3 Å². The molecule has 3 amide bonds. The number of hydrogen-bond donors (Lipinski definition) is 0. The van der Waals surface area contributed by atoms with E-state index in [9.17, 15) is 9.59 Å². The minimum Gasteiger partial charge on any atom is -0.350 e. The summed E-state index contributed by atoms with van der Waals surface area (Å²) in [6.07, 6.45) is 6.90. The number of rotatable bonds is 4. The maximum atomic E-state index is 13.4. The van der Waals surface area contributed by atoms with Crippen LogP contribution in [0, 0.1) is 0 Å². The fourth-order valence-electron chi connectivity index (χ4n) is 5.08. The summed E-state index contributed by atoms with van der Waals surface area (Å²) < 4.78 is 2.17. The summed E-state index contributed by atoms with van der Waals surface area (Å²) in [4.78, 5) is 35.8. The number of piperidine rings is 1. The van der Waals surface area contributed by atoms with Gasteiger partial charge in [0, 0.05) is 63.2 Å². The molecular formula is C24H27N5O2. The van der Waals surface area contributed by atoms with Crippen molar-refractivity contribution in [1.82, 2.24) is 24.3 Å². The third-order valence-electron chi connectivity index (χ3n) is 6.92. The Bertz CT molecular complexity index is 1130. The molecule has 0 atom stereocenters. The molecule has 2 aromatic heterocycles. The Labute approximate surface area is 181 Å². The quantitative estimate of drug-likeness (QED) is 0.613. The van der Waals surface area contributed by atoms with Crippen LogP contribution < -0.4 is 0 Å². The first-order valence-electron chi connectivity index (χ1n) is 10.7. The Kier molecular flexibility index (Phi) is 4.78. The van der Waals surface area contributed by atoms with Gasteiger partial charge in [-0.25, -0.2) is 4.79 Å². The maximum Gasteiger partial charge on any atom is 0.327 e. The first-order chi connectivity index (χ1) is 15.0. The van der Waals surface area contributed by atoms with Gasteiger partial charge in [0.25, 0.3) is 5.91 Å². The number of likely N-dealkylation sites (tertiary alicyclic amines) is 1. The summed E-state index contributed by atoms with van der Waals surface area (Å²) in [5, 5.41) is 1.28. The van der Waals surface area contributed by atoms with Crippen LogP contribution in [-0.4, -0.2) is 61.9 Å². The van der Waals surface area contributed by atoms with Gasteiger partial charge in [-0.05, 0) is 36.1 Å². The average Bonchev–Trinajstić information content (AvgIpc) is 3.20. The van der Waals surface area contributed by atoms with Gasteiger partial charge in [0.1, 0.15) is 5.54 Å². The van der Waals surface area contributed by atoms with Crippen molar-refractivity contribution in [1.29, 1.82) is 0 Å². The van der Waals surface area contributed by atoms with Crippen molar-refractivity contribution < 1.29 is 9.59 Å². The molecule has 2 fully saturated rings. The Morgan fingerprint density at radius 3 is 2.52 bits per heavy atom. The lowest BCUT2D eigenvalue weighted by Gasteiger charge is -2.40. The molecular weight excluding hydrogens is 390 g/mol. The molecule has 5 rings (SSSR count). The normalized spacial score (nSPS) is 19.2. The van der Waals surface area contributed by atoms with Gasteiger partial charge < -0.3 is 9.47 Å². The monoisotopic (exact) mass is 417 g/mol. The lowest BCUT2D eigenvalue weighted by Crippen LogP contribution is -2.55. The molecule has 31 heavy (non-hydrogen) atoms. The number of pyridine rings is 1. The van der Waals surface area contributed by atoms with Gasteiger partial charge in [0.2, 0.25) is 0 Å². The number of carbonyl (C=O) groups excluding carboxylic acids is 2. The Hall–Kier alpha value is -3.19. The highest BCUT2D eigenvalue weighted by atomic mass is 16.2. The molecule has 0 unspecified atom stereocenters. The molecule has 0 aliphatic carbocycles. The highest BCUT2D eigenvalue weighted by Crippen LogP contribution is 2.37. The van der Waals surface area contributed by atoms with E-state index in [1.165, 1.54) is 21.4 Å². The highest BCUT2D eigenvalue weighted by molar-refractivity contribution is 6.06. The van der Waals surface area contributed by atoms with Crippen molar-refractivity contribution in [2.45, 2.75) is 31.5 Å². The highest BCUT2D eigenvalue weighted by Gasteiger charge is 2.56. The van der Waals surface area contributed by atoms with Gasteiger partial charge >= 0.3 is 6.03 Å². The van der Waals surface area contributed by atoms with Crippen LogP contribution in [0.5, 0.6) is 0 Å². The summed E-state index contributed by atoms with van der Waals surface area (Å²) >= 11 is 0. The third-order valence-corrected chi connectivity index (χ3v) is 6.92. The van der Waals surface area contributed by atoms with E-state index in [2.05, 4.69) is 52.0 Å². The van der Waals surface area contributed by atoms with E-state index >= 15 is 0 Å². The number of likely N-dealkylation sites (N-methyl/N-ethyl adjacent to an activating group) is 1. The summed E-state index contributed by atoms with van der Waals surface area (Å²) in [5.74, 6) is -0.0753. The van der Waals surface area contributed by atoms with Crippen LogP contribution in [0.3, 0.4) is 0 Å². The SMILES string of the molecule is CN1C(=O)N(Cc2cccnc2)C(=O)C12CCN(Cc1cn(C)c3ccccc13)CC2. The van der Waals surface area contributed by atoms with Crippen molar-refractivity contribution in [3.05, 3.63) is 66.1 Å². The number of carbonyl (C=O) groups is 2. The maximum absolute atomic E-state index is 13.4. The van der Waals surface area contributed by atoms with Crippen LogP contribution in [0.4, 0.5) is 4.79 Å². The van der Waals surface area contributed by atoms with Crippen molar-refractivity contribution in [3.63, 3.8) is 0 Å². The number of nitrogens with zero attached hydrogens (tertiary/aromatic N) is 5. The van der Waals surface area contributed by atoms with Crippen LogP contribution in [0.2, 0.25) is 0 Å². The molecule has 4 heterocycles. The second kappa shape index (κ2) is 7.50. The second-order valence-electron chi connectivity index (χ2n) is 8.68. The number of amides is 3. The molecule has 1 aromatic carbocycles. The smallest absolute Gasteiger partial charge is 0.327 e. The van der Waals surface area contributed by atoms with Gasteiger partial charge in [-0.2, -0.15) is 0 Å². The van der Waals surface area contributed by atoms with Crippen LogP contribution in [0.25, 0.3) is 10.9 Å². The van der Waals surface area contributed by atoms with Crippen LogP contribution in [0.15, 0.2) is 55.0 Å². The fraction of sp³-hybridized carbons (Fsp3) is 0.375. The van der Waals surface area contributed by atoms with E-state index in [0.29, 0.717) is 12.8 Å². The summed E-state index contributed by atoms with van der Waals surface area (Å²) in [7, 11) is 3.84. The van der Waals surface area contributed by atoms with Crippen molar-refractivity contribution in [3.8, 4) is 0 Å². The summed E-state index contributed by atoms with van der Waals surface area (Å²) in [5.41, 5.74) is 2.67. The number of aromatic nitrogens is 2. The molecule has 0 saturated carbocycles. The zero-order valence-corrected chi connectivity index (χ0v) is 18.0. The topological polar surface area (TPSA) is 61.7 Å². The minimum absolute atomic E-state index is 0.0753. The predicted molar refractivity (Wildman–Crippen MR) is 118 cm³/mol. The molecule has 2 aliphatic rings. The minimum atomic E-state index is -0.728. The number of hydrogen-bond acceptors (Lipinski definition) is 4. The molecule has 2 saturated heterocycles. The van der Waals surface area contributed by atoms with Gasteiger partial charge in [0.15, 0.2) is 0 Å². The van der Waals surface area contributed by atoms with Crippen LogP contribution >= 0.6 is 0 Å². The molecule has 0 N–H and O–H groups in total. The largest absolute Gasteiger partial charge is 0.350 e. The number of fused-ring (bicyclic) bond motifs is 1. The first-order valence-corrected chi connectivity index (χ1v) is 10.7. The van der Waals surface area contributed by atoms with E-state index in [1.54, 1.807) is 24.3 Å². The van der Waals surface area contributed by atoms with E-state index in [4.69, 9.17) is 0 Å². The standard InChI is InChI=1S/C24H27N5O2/c1-26-16-19(20-7-3-4-8-21(20)26)17-28-12-9-24(10-13-28)22(30)29(23(31)27(24)2)15-18-6-5-11-25-14-18/h3-8,11,14,16H,9-10,12-13,15,17H2,1-2H3. The van der Waals surface area contributed by atoms with E-state index in [0.717, 1.165) is 25.2 Å². The Morgan fingerprint density at radius 2 is 1.77 bits per heavy atom. The van der Waals surface area contributed by atoms with Gasteiger partial charge in [-0.15, -0.1) is 0 Å².